The first-order chi connectivity index (χ1) is 5.04. The van der Waals surface area contributed by atoms with E-state index in [1.165, 1.54) is 0 Å². The average Bonchev–Trinajstić information content (AvgIpc) is 2.32. The van der Waals surface area contributed by atoms with Crippen molar-refractivity contribution >= 4 is 0 Å². The number of hydrogen-bond donors (Lipinski definition) is 1. The standard InChI is InChI=1S/C9H19NO/c1-9(2,3)7-4-8(5-10)11-6-7/h7-8H,4-6,10H2,1-3H3. The molecule has 66 valence electrons. The lowest BCUT2D eigenvalue weighted by atomic mass is 9.79. The Kier molecular flexibility index (Phi) is 2.55. The first kappa shape index (κ1) is 9.01. The molecule has 1 aliphatic rings. The van der Waals surface area contributed by atoms with Gasteiger partial charge in [-0.25, -0.2) is 0 Å². The van der Waals surface area contributed by atoms with Crippen molar-refractivity contribution in [2.75, 3.05) is 13.2 Å². The van der Waals surface area contributed by atoms with Gasteiger partial charge in [0, 0.05) is 6.54 Å². The minimum atomic E-state index is 0.319. The van der Waals surface area contributed by atoms with Gasteiger partial charge in [0.2, 0.25) is 0 Å². The predicted octanol–water partition coefficient (Wildman–Crippen LogP) is 1.40. The zero-order valence-corrected chi connectivity index (χ0v) is 7.76. The molecule has 2 atom stereocenters. The van der Waals surface area contributed by atoms with Gasteiger partial charge >= 0.3 is 0 Å². The quantitative estimate of drug-likeness (QED) is 0.624. The molecule has 11 heavy (non-hydrogen) atoms. The lowest BCUT2D eigenvalue weighted by molar-refractivity contribution is 0.102. The van der Waals surface area contributed by atoms with Crippen molar-refractivity contribution in [2.24, 2.45) is 17.1 Å². The van der Waals surface area contributed by atoms with E-state index in [1.807, 2.05) is 0 Å². The lowest BCUT2D eigenvalue weighted by Gasteiger charge is -2.25. The molecule has 0 bridgehead atoms. The fourth-order valence-corrected chi connectivity index (χ4v) is 1.47. The van der Waals surface area contributed by atoms with Crippen molar-refractivity contribution in [3.05, 3.63) is 0 Å². The minimum absolute atomic E-state index is 0.319. The van der Waals surface area contributed by atoms with Crippen LogP contribution in [0.5, 0.6) is 0 Å². The van der Waals surface area contributed by atoms with Crippen LogP contribution in [0.2, 0.25) is 0 Å². The van der Waals surface area contributed by atoms with Crippen molar-refractivity contribution in [3.63, 3.8) is 0 Å². The van der Waals surface area contributed by atoms with E-state index in [9.17, 15) is 0 Å². The summed E-state index contributed by atoms with van der Waals surface area (Å²) in [5, 5.41) is 0. The van der Waals surface area contributed by atoms with E-state index in [1.54, 1.807) is 0 Å². The van der Waals surface area contributed by atoms with Crippen LogP contribution in [0.25, 0.3) is 0 Å². The topological polar surface area (TPSA) is 35.2 Å². The predicted molar refractivity (Wildman–Crippen MR) is 46.4 cm³/mol. The maximum Gasteiger partial charge on any atom is 0.0701 e. The monoisotopic (exact) mass is 157 g/mol. The summed E-state index contributed by atoms with van der Waals surface area (Å²) in [6, 6.07) is 0. The molecular weight excluding hydrogens is 138 g/mol. The van der Waals surface area contributed by atoms with Crippen LogP contribution in [-0.4, -0.2) is 19.3 Å². The van der Waals surface area contributed by atoms with Gasteiger partial charge in [-0.15, -0.1) is 0 Å². The molecule has 2 heteroatoms. The Labute approximate surface area is 69.1 Å². The van der Waals surface area contributed by atoms with Gasteiger partial charge in [-0.1, -0.05) is 20.8 Å². The molecule has 1 fully saturated rings. The van der Waals surface area contributed by atoms with E-state index in [4.69, 9.17) is 10.5 Å². The molecule has 0 spiro atoms. The molecule has 0 saturated carbocycles. The van der Waals surface area contributed by atoms with Gasteiger partial charge in [0.1, 0.15) is 0 Å². The zero-order valence-electron chi connectivity index (χ0n) is 7.76. The van der Waals surface area contributed by atoms with E-state index in [2.05, 4.69) is 20.8 Å². The van der Waals surface area contributed by atoms with E-state index in [-0.39, 0.29) is 0 Å². The molecular formula is C9H19NO. The van der Waals surface area contributed by atoms with Gasteiger partial charge in [-0.3, -0.25) is 0 Å². The molecule has 1 heterocycles. The van der Waals surface area contributed by atoms with Crippen LogP contribution in [0.4, 0.5) is 0 Å². The van der Waals surface area contributed by atoms with Gasteiger partial charge in [0.05, 0.1) is 12.7 Å². The lowest BCUT2D eigenvalue weighted by Crippen LogP contribution is -2.22. The smallest absolute Gasteiger partial charge is 0.0701 e. The van der Waals surface area contributed by atoms with E-state index in [0.717, 1.165) is 13.0 Å². The van der Waals surface area contributed by atoms with Gasteiger partial charge in [-0.2, -0.15) is 0 Å². The van der Waals surface area contributed by atoms with Gasteiger partial charge in [0.25, 0.3) is 0 Å². The van der Waals surface area contributed by atoms with Crippen molar-refractivity contribution in [3.8, 4) is 0 Å². The Hall–Kier alpha value is -0.0800. The molecule has 0 aliphatic carbocycles. The Morgan fingerprint density at radius 2 is 2.09 bits per heavy atom. The summed E-state index contributed by atoms with van der Waals surface area (Å²) in [4.78, 5) is 0. The maximum absolute atomic E-state index is 5.52. The Balaban J connectivity index is 2.42. The van der Waals surface area contributed by atoms with Crippen LogP contribution in [0.15, 0.2) is 0 Å². The van der Waals surface area contributed by atoms with Gasteiger partial charge in [0.15, 0.2) is 0 Å². The minimum Gasteiger partial charge on any atom is -0.377 e. The van der Waals surface area contributed by atoms with Gasteiger partial charge < -0.3 is 10.5 Å². The SMILES string of the molecule is CC(C)(C)C1COC(CN)C1. The maximum atomic E-state index is 5.52. The second-order valence-corrected chi connectivity index (χ2v) is 4.49. The van der Waals surface area contributed by atoms with Crippen molar-refractivity contribution in [1.29, 1.82) is 0 Å². The Bertz CT molecular complexity index is 128. The van der Waals surface area contributed by atoms with Crippen LogP contribution >= 0.6 is 0 Å². The van der Waals surface area contributed by atoms with Gasteiger partial charge in [-0.05, 0) is 17.8 Å². The molecule has 0 aromatic rings. The molecule has 0 amide bonds. The van der Waals surface area contributed by atoms with E-state index < -0.39 is 0 Å². The molecule has 2 nitrogen and oxygen atoms in total. The summed E-state index contributed by atoms with van der Waals surface area (Å²) < 4.78 is 5.52. The summed E-state index contributed by atoms with van der Waals surface area (Å²) in [5.41, 5.74) is 5.89. The molecule has 0 radical (unpaired) electrons. The molecule has 0 aromatic carbocycles. The third kappa shape index (κ3) is 2.17. The molecule has 1 aliphatic heterocycles. The number of hydrogen-bond acceptors (Lipinski definition) is 2. The van der Waals surface area contributed by atoms with Crippen LogP contribution < -0.4 is 5.73 Å². The van der Waals surface area contributed by atoms with Crippen molar-refractivity contribution in [2.45, 2.75) is 33.3 Å². The highest BCUT2D eigenvalue weighted by Gasteiger charge is 2.32. The Morgan fingerprint density at radius 1 is 1.45 bits per heavy atom. The third-order valence-electron chi connectivity index (χ3n) is 2.57. The first-order valence-electron chi connectivity index (χ1n) is 4.35. The summed E-state index contributed by atoms with van der Waals surface area (Å²) in [7, 11) is 0. The number of rotatable bonds is 1. The molecule has 1 saturated heterocycles. The van der Waals surface area contributed by atoms with Crippen LogP contribution in [0, 0.1) is 11.3 Å². The number of nitrogens with two attached hydrogens (primary N) is 1. The van der Waals surface area contributed by atoms with E-state index >= 15 is 0 Å². The van der Waals surface area contributed by atoms with E-state index in [0.29, 0.717) is 24.0 Å². The fraction of sp³-hybridized carbons (Fsp3) is 1.00. The highest BCUT2D eigenvalue weighted by atomic mass is 16.5. The largest absolute Gasteiger partial charge is 0.377 e. The first-order valence-corrected chi connectivity index (χ1v) is 4.35. The van der Waals surface area contributed by atoms with Crippen LogP contribution in [0.3, 0.4) is 0 Å². The third-order valence-corrected chi connectivity index (χ3v) is 2.57. The summed E-state index contributed by atoms with van der Waals surface area (Å²) >= 11 is 0. The summed E-state index contributed by atoms with van der Waals surface area (Å²) in [5.74, 6) is 0.691. The zero-order chi connectivity index (χ0) is 8.48. The summed E-state index contributed by atoms with van der Waals surface area (Å²) in [6.45, 7) is 8.36. The number of ether oxygens (including phenoxy) is 1. The molecule has 2 unspecified atom stereocenters. The van der Waals surface area contributed by atoms with Crippen LogP contribution in [0.1, 0.15) is 27.2 Å². The van der Waals surface area contributed by atoms with Crippen LogP contribution in [-0.2, 0) is 4.74 Å². The normalized spacial score (nSPS) is 32.7. The fourth-order valence-electron chi connectivity index (χ4n) is 1.47. The second-order valence-electron chi connectivity index (χ2n) is 4.49. The van der Waals surface area contributed by atoms with Crippen molar-refractivity contribution in [1.82, 2.24) is 0 Å². The highest BCUT2D eigenvalue weighted by Crippen LogP contribution is 2.34. The Morgan fingerprint density at radius 3 is 2.36 bits per heavy atom. The molecule has 1 rings (SSSR count). The average molecular weight is 157 g/mol. The molecule has 0 aromatic heterocycles. The molecule has 2 N–H and O–H groups in total. The highest BCUT2D eigenvalue weighted by molar-refractivity contribution is 4.82. The summed E-state index contributed by atoms with van der Waals surface area (Å²) in [6.07, 6.45) is 1.46. The second kappa shape index (κ2) is 3.11. The van der Waals surface area contributed by atoms with Crippen molar-refractivity contribution < 1.29 is 4.74 Å².